The minimum atomic E-state index is -1.07. The second-order valence-corrected chi connectivity index (χ2v) is 3.36. The molecule has 0 heterocycles. The van der Waals surface area contributed by atoms with Crippen LogP contribution in [0, 0.1) is 10.4 Å². The molecule has 0 saturated carbocycles. The van der Waals surface area contributed by atoms with E-state index in [9.17, 15) is 10.4 Å². The molecular formula is C3H8IN2O5-3. The molecule has 0 aliphatic heterocycles. The monoisotopic (exact) mass is 279 g/mol. The van der Waals surface area contributed by atoms with Crippen LogP contribution in [0.5, 0.6) is 0 Å². The first-order valence-electron chi connectivity index (χ1n) is 2.47. The molecule has 11 heavy (non-hydrogen) atoms. The van der Waals surface area contributed by atoms with Gasteiger partial charge in [-0.25, -0.2) is 0 Å². The standard InChI is InChI=1S/C3H8IN2O5/c1-9-5(7)3-4-6(8)11-10-2/h3H2,1-2H3/q-3. The first kappa shape index (κ1) is 11.4. The van der Waals surface area contributed by atoms with Crippen molar-refractivity contribution in [3.63, 3.8) is 0 Å². The summed E-state index contributed by atoms with van der Waals surface area (Å²) in [5, 5.41) is 21.1. The SMILES string of the molecule is COON([O-])[I-]CN([O-])OC. The fourth-order valence-electron chi connectivity index (χ4n) is 0.215. The van der Waals surface area contributed by atoms with E-state index in [4.69, 9.17) is 0 Å². The molecule has 0 spiro atoms. The molecule has 0 saturated heterocycles. The van der Waals surface area contributed by atoms with Gasteiger partial charge in [-0.1, -0.05) is 0 Å². The van der Waals surface area contributed by atoms with E-state index in [-0.39, 0.29) is 7.99 Å². The minimum absolute atomic E-state index is 0.00222. The summed E-state index contributed by atoms with van der Waals surface area (Å²) < 4.78 is 0.241. The molecule has 0 rings (SSSR count). The predicted octanol–water partition coefficient (Wildman–Crippen LogP) is -3.40. The molecule has 0 radical (unpaired) electrons. The molecule has 0 aromatic carbocycles. The van der Waals surface area contributed by atoms with Gasteiger partial charge in [0, 0.05) is 0 Å². The van der Waals surface area contributed by atoms with Crippen LogP contribution in [0.1, 0.15) is 0 Å². The molecule has 0 amide bonds. The Morgan fingerprint density at radius 2 is 2.00 bits per heavy atom. The third-order valence-electron chi connectivity index (χ3n) is 0.585. The van der Waals surface area contributed by atoms with Gasteiger partial charge < -0.3 is 0 Å². The van der Waals surface area contributed by atoms with Gasteiger partial charge >= 0.3 is 74.0 Å². The van der Waals surface area contributed by atoms with Gasteiger partial charge in [-0.05, 0) is 0 Å². The van der Waals surface area contributed by atoms with Gasteiger partial charge in [0.05, 0.1) is 0 Å². The fraction of sp³-hybridized carbons (Fsp3) is 1.00. The summed E-state index contributed by atoms with van der Waals surface area (Å²) in [7, 11) is 2.43. The van der Waals surface area contributed by atoms with Crippen LogP contribution in [-0.4, -0.2) is 27.4 Å². The number of halogens is 1. The van der Waals surface area contributed by atoms with Crippen LogP contribution in [-0.2, 0) is 14.7 Å². The zero-order valence-corrected chi connectivity index (χ0v) is 8.18. The first-order chi connectivity index (χ1) is 5.20. The van der Waals surface area contributed by atoms with E-state index in [0.717, 1.165) is 0 Å². The molecule has 0 aliphatic carbocycles. The Bertz CT molecular complexity index is 95.8. The third-order valence-corrected chi connectivity index (χ3v) is 2.17. The van der Waals surface area contributed by atoms with Crippen molar-refractivity contribution in [2.45, 2.75) is 0 Å². The van der Waals surface area contributed by atoms with E-state index >= 15 is 0 Å². The average molecular weight is 279 g/mol. The summed E-state index contributed by atoms with van der Waals surface area (Å²) in [4.78, 5) is 12.3. The van der Waals surface area contributed by atoms with Crippen molar-refractivity contribution >= 4 is 0 Å². The zero-order valence-electron chi connectivity index (χ0n) is 6.02. The molecule has 0 aromatic heterocycles. The second-order valence-electron chi connectivity index (χ2n) is 1.21. The Morgan fingerprint density at radius 3 is 2.45 bits per heavy atom. The molecule has 0 aromatic rings. The molecule has 7 nitrogen and oxygen atoms in total. The van der Waals surface area contributed by atoms with E-state index in [1.165, 1.54) is 14.2 Å². The Labute approximate surface area is 74.4 Å². The van der Waals surface area contributed by atoms with Gasteiger partial charge in [0.15, 0.2) is 0 Å². The summed E-state index contributed by atoms with van der Waals surface area (Å²) in [6.45, 7) is 0. The van der Waals surface area contributed by atoms with Gasteiger partial charge in [0.2, 0.25) is 0 Å². The van der Waals surface area contributed by atoms with Crippen molar-refractivity contribution in [3.05, 3.63) is 10.4 Å². The van der Waals surface area contributed by atoms with Gasteiger partial charge in [0.1, 0.15) is 0 Å². The molecule has 0 atom stereocenters. The number of rotatable bonds is 6. The maximum atomic E-state index is 10.5. The van der Waals surface area contributed by atoms with Gasteiger partial charge in [-0.15, -0.1) is 0 Å². The number of hydrogen-bond donors (Lipinski definition) is 0. The van der Waals surface area contributed by atoms with Crippen molar-refractivity contribution in [1.29, 1.82) is 0 Å². The number of hydroxylamine groups is 2. The van der Waals surface area contributed by atoms with Crippen LogP contribution in [0.3, 0.4) is 0 Å². The van der Waals surface area contributed by atoms with Gasteiger partial charge in [-0.3, -0.25) is 0 Å². The van der Waals surface area contributed by atoms with Gasteiger partial charge in [0.25, 0.3) is 0 Å². The van der Waals surface area contributed by atoms with Crippen molar-refractivity contribution in [2.75, 3.05) is 18.8 Å². The summed E-state index contributed by atoms with van der Waals surface area (Å²) in [6, 6.07) is 0. The molecule has 0 aliphatic rings. The van der Waals surface area contributed by atoms with Crippen LogP contribution in [0.25, 0.3) is 0 Å². The van der Waals surface area contributed by atoms with Crippen LogP contribution in [0.15, 0.2) is 0 Å². The van der Waals surface area contributed by atoms with E-state index in [0.29, 0.717) is 5.23 Å². The molecule has 0 unspecified atom stereocenters. The van der Waals surface area contributed by atoms with Crippen molar-refractivity contribution in [2.24, 2.45) is 0 Å². The quantitative estimate of drug-likeness (QED) is 0.125. The van der Waals surface area contributed by atoms with Crippen molar-refractivity contribution in [1.82, 2.24) is 8.67 Å². The van der Waals surface area contributed by atoms with Crippen LogP contribution >= 0.6 is 0 Å². The summed E-state index contributed by atoms with van der Waals surface area (Å²) in [5.74, 6) is 0. The first-order valence-corrected chi connectivity index (χ1v) is 4.96. The fourth-order valence-corrected chi connectivity index (χ4v) is 1.27. The summed E-state index contributed by atoms with van der Waals surface area (Å²) in [6.07, 6.45) is 0. The normalized spacial score (nSPS) is 11.8. The second kappa shape index (κ2) is 7.12. The average Bonchev–Trinajstić information content (AvgIpc) is 2.01. The van der Waals surface area contributed by atoms with Crippen LogP contribution < -0.4 is 21.5 Å². The predicted molar refractivity (Wildman–Crippen MR) is 30.4 cm³/mol. The Balaban J connectivity index is 3.22. The molecule has 70 valence electrons. The molecule has 0 N–H and O–H groups in total. The van der Waals surface area contributed by atoms with E-state index in [2.05, 4.69) is 14.7 Å². The number of hydrogen-bond acceptors (Lipinski definition) is 7. The topological polar surface area (TPSA) is 80.3 Å². The molecule has 0 fully saturated rings. The third kappa shape index (κ3) is 6.83. The number of nitrogens with zero attached hydrogens (tertiary/aromatic N) is 2. The summed E-state index contributed by atoms with van der Waals surface area (Å²) in [5.41, 5.74) is 0. The Morgan fingerprint density at radius 1 is 1.36 bits per heavy atom. The Hall–Kier alpha value is 0.450. The molecule has 0 bridgehead atoms. The molecule has 8 heteroatoms. The van der Waals surface area contributed by atoms with Gasteiger partial charge in [-0.2, -0.15) is 0 Å². The van der Waals surface area contributed by atoms with Crippen molar-refractivity contribution < 1.29 is 36.2 Å². The van der Waals surface area contributed by atoms with E-state index in [1.807, 2.05) is 0 Å². The van der Waals surface area contributed by atoms with Crippen molar-refractivity contribution in [3.8, 4) is 0 Å². The summed E-state index contributed by atoms with van der Waals surface area (Å²) >= 11 is -1.07. The molecular weight excluding hydrogens is 271 g/mol. The van der Waals surface area contributed by atoms with E-state index in [1.54, 1.807) is 0 Å². The Kier molecular flexibility index (Phi) is 7.41. The number of alkyl halides is 1. The zero-order chi connectivity index (χ0) is 8.69. The van der Waals surface area contributed by atoms with E-state index < -0.39 is 21.5 Å². The van der Waals surface area contributed by atoms with Crippen LogP contribution in [0.2, 0.25) is 0 Å². The van der Waals surface area contributed by atoms with Crippen LogP contribution in [0.4, 0.5) is 0 Å². The maximum absolute atomic E-state index is 10.5.